The number of hydrogen-bond donors (Lipinski definition) is 0. The van der Waals surface area contributed by atoms with Gasteiger partial charge in [-0.25, -0.2) is 0 Å². The summed E-state index contributed by atoms with van der Waals surface area (Å²) >= 11 is 4.91. The largest absolute Gasteiger partial charge is 0.0609 e. The van der Waals surface area contributed by atoms with E-state index in [1.54, 1.807) is 0 Å². The fourth-order valence-corrected chi connectivity index (χ4v) is 4.28. The molecule has 0 N–H and O–H groups in total. The van der Waals surface area contributed by atoms with Gasteiger partial charge in [0.1, 0.15) is 0 Å². The zero-order chi connectivity index (χ0) is 12.2. The van der Waals surface area contributed by atoms with Gasteiger partial charge in [0, 0.05) is 23.7 Å². The van der Waals surface area contributed by atoms with Crippen LogP contribution in [0.4, 0.5) is 0 Å². The van der Waals surface area contributed by atoms with Crippen LogP contribution in [0.25, 0.3) is 11.1 Å². The summed E-state index contributed by atoms with van der Waals surface area (Å²) in [5.74, 6) is 0. The molecule has 0 bridgehead atoms. The third-order valence-corrected chi connectivity index (χ3v) is 5.42. The first-order chi connectivity index (χ1) is 8.03. The molecule has 86 valence electrons. The minimum absolute atomic E-state index is 0.132. The predicted octanol–water partition coefficient (Wildman–Crippen LogP) is 5.20. The van der Waals surface area contributed by atoms with Gasteiger partial charge in [-0.2, -0.15) is 0 Å². The molecule has 0 saturated carbocycles. The predicted molar refractivity (Wildman–Crippen MR) is 89.4 cm³/mol. The molecule has 2 heteroatoms. The van der Waals surface area contributed by atoms with Crippen LogP contribution in [0, 0.1) is 7.14 Å². The average Bonchev–Trinajstić information content (AvgIpc) is 2.52. The van der Waals surface area contributed by atoms with Gasteiger partial charge in [-0.3, -0.25) is 0 Å². The molecular weight excluding hydrogens is 434 g/mol. The van der Waals surface area contributed by atoms with Crippen LogP contribution in [0.2, 0.25) is 0 Å². The van der Waals surface area contributed by atoms with Crippen LogP contribution in [-0.4, -0.2) is 0 Å². The molecule has 3 rings (SSSR count). The Morgan fingerprint density at radius 1 is 0.765 bits per heavy atom. The molecule has 2 aromatic rings. The number of rotatable bonds is 0. The normalized spacial score (nSPS) is 15.5. The first kappa shape index (κ1) is 12.0. The number of hydrogen-bond acceptors (Lipinski definition) is 0. The van der Waals surface area contributed by atoms with Crippen molar-refractivity contribution in [3.8, 4) is 11.1 Å². The summed E-state index contributed by atoms with van der Waals surface area (Å²) in [6, 6.07) is 13.3. The molecule has 2 aromatic carbocycles. The quantitative estimate of drug-likeness (QED) is 0.489. The third kappa shape index (κ3) is 1.59. The summed E-state index contributed by atoms with van der Waals surface area (Å²) in [5.41, 5.74) is 5.94. The van der Waals surface area contributed by atoms with Crippen molar-refractivity contribution in [3.05, 3.63) is 54.7 Å². The minimum Gasteiger partial charge on any atom is -0.0609 e. The van der Waals surface area contributed by atoms with E-state index in [1.807, 2.05) is 0 Å². The second kappa shape index (κ2) is 3.95. The maximum Gasteiger partial charge on any atom is 0.0212 e. The number of halogens is 2. The summed E-state index contributed by atoms with van der Waals surface area (Å²) in [6.45, 7) is 4.65. The Morgan fingerprint density at radius 3 is 1.59 bits per heavy atom. The van der Waals surface area contributed by atoms with E-state index >= 15 is 0 Å². The standard InChI is InChI=1S/C15H12I2/c1-15(2)9-5-3-7-11(16)13(9)14-10(15)6-4-8-12(14)17/h3-8H,1-2H3. The van der Waals surface area contributed by atoms with E-state index in [9.17, 15) is 0 Å². The summed E-state index contributed by atoms with van der Waals surface area (Å²) in [7, 11) is 0. The molecule has 0 aromatic heterocycles. The van der Waals surface area contributed by atoms with Crippen molar-refractivity contribution in [1.29, 1.82) is 0 Å². The Hall–Kier alpha value is -0.100. The van der Waals surface area contributed by atoms with Gasteiger partial charge in [-0.1, -0.05) is 38.1 Å². The first-order valence-electron chi connectivity index (χ1n) is 5.62. The molecule has 1 aliphatic carbocycles. The zero-order valence-electron chi connectivity index (χ0n) is 9.72. The van der Waals surface area contributed by atoms with Crippen molar-refractivity contribution in [1.82, 2.24) is 0 Å². The van der Waals surface area contributed by atoms with Crippen molar-refractivity contribution in [2.75, 3.05) is 0 Å². The Balaban J connectivity index is 2.49. The van der Waals surface area contributed by atoms with E-state index in [0.29, 0.717) is 0 Å². The summed E-state index contributed by atoms with van der Waals surface area (Å²) in [6.07, 6.45) is 0. The topological polar surface area (TPSA) is 0 Å². The molecule has 0 atom stereocenters. The van der Waals surface area contributed by atoms with Gasteiger partial charge in [-0.15, -0.1) is 0 Å². The summed E-state index contributed by atoms with van der Waals surface area (Å²) in [4.78, 5) is 0. The van der Waals surface area contributed by atoms with Gasteiger partial charge < -0.3 is 0 Å². The van der Waals surface area contributed by atoms with E-state index in [-0.39, 0.29) is 5.41 Å². The lowest BCUT2D eigenvalue weighted by Gasteiger charge is -2.21. The van der Waals surface area contributed by atoms with E-state index < -0.39 is 0 Å². The van der Waals surface area contributed by atoms with Crippen molar-refractivity contribution in [2.24, 2.45) is 0 Å². The highest BCUT2D eigenvalue weighted by Crippen LogP contribution is 2.51. The Labute approximate surface area is 129 Å². The van der Waals surface area contributed by atoms with E-state index in [4.69, 9.17) is 0 Å². The van der Waals surface area contributed by atoms with Crippen molar-refractivity contribution in [3.63, 3.8) is 0 Å². The van der Waals surface area contributed by atoms with Gasteiger partial charge in [0.15, 0.2) is 0 Å². The van der Waals surface area contributed by atoms with Crippen LogP contribution in [0.3, 0.4) is 0 Å². The molecule has 0 amide bonds. The van der Waals surface area contributed by atoms with E-state index in [2.05, 4.69) is 95.4 Å². The molecule has 0 unspecified atom stereocenters. The number of fused-ring (bicyclic) bond motifs is 3. The van der Waals surface area contributed by atoms with Gasteiger partial charge in [0.05, 0.1) is 0 Å². The van der Waals surface area contributed by atoms with Crippen LogP contribution in [0.1, 0.15) is 25.0 Å². The minimum atomic E-state index is 0.132. The monoisotopic (exact) mass is 446 g/mol. The van der Waals surface area contributed by atoms with Crippen molar-refractivity contribution in [2.45, 2.75) is 19.3 Å². The number of benzene rings is 2. The molecule has 0 aliphatic heterocycles. The summed E-state index contributed by atoms with van der Waals surface area (Å²) < 4.78 is 2.71. The molecule has 17 heavy (non-hydrogen) atoms. The second-order valence-corrected chi connectivity index (χ2v) is 7.27. The molecule has 0 heterocycles. The van der Waals surface area contributed by atoms with Crippen LogP contribution in [0.5, 0.6) is 0 Å². The molecule has 0 spiro atoms. The Morgan fingerprint density at radius 2 is 1.18 bits per heavy atom. The molecule has 0 nitrogen and oxygen atoms in total. The first-order valence-corrected chi connectivity index (χ1v) is 7.77. The highest BCUT2D eigenvalue weighted by Gasteiger charge is 2.37. The van der Waals surface area contributed by atoms with E-state index in [0.717, 1.165) is 0 Å². The van der Waals surface area contributed by atoms with Gasteiger partial charge in [0.2, 0.25) is 0 Å². The van der Waals surface area contributed by atoms with Gasteiger partial charge in [0.25, 0.3) is 0 Å². The average molecular weight is 446 g/mol. The molecule has 1 aliphatic rings. The van der Waals surface area contributed by atoms with Crippen molar-refractivity contribution >= 4 is 45.2 Å². The van der Waals surface area contributed by atoms with Crippen LogP contribution in [0.15, 0.2) is 36.4 Å². The van der Waals surface area contributed by atoms with Crippen LogP contribution in [-0.2, 0) is 5.41 Å². The molecule has 0 saturated heterocycles. The van der Waals surface area contributed by atoms with Crippen molar-refractivity contribution < 1.29 is 0 Å². The lowest BCUT2D eigenvalue weighted by molar-refractivity contribution is 0.660. The Bertz CT molecular complexity index is 559. The lowest BCUT2D eigenvalue weighted by Crippen LogP contribution is -2.14. The fourth-order valence-electron chi connectivity index (χ4n) is 2.74. The summed E-state index contributed by atoms with van der Waals surface area (Å²) in [5, 5.41) is 0. The second-order valence-electron chi connectivity index (χ2n) is 4.95. The van der Waals surface area contributed by atoms with E-state index in [1.165, 1.54) is 29.4 Å². The molecular formula is C15H12I2. The SMILES string of the molecule is CC1(C)c2cccc(I)c2-c2c(I)cccc21. The van der Waals surface area contributed by atoms with Crippen LogP contribution >= 0.6 is 45.2 Å². The highest BCUT2D eigenvalue weighted by atomic mass is 127. The maximum absolute atomic E-state index is 2.45. The maximum atomic E-state index is 2.45. The van der Waals surface area contributed by atoms with Gasteiger partial charge in [-0.05, 0) is 68.4 Å². The van der Waals surface area contributed by atoms with Gasteiger partial charge >= 0.3 is 0 Å². The zero-order valence-corrected chi connectivity index (χ0v) is 14.0. The highest BCUT2D eigenvalue weighted by molar-refractivity contribution is 14.1. The smallest absolute Gasteiger partial charge is 0.0212 e. The Kier molecular flexibility index (Phi) is 2.78. The lowest BCUT2D eigenvalue weighted by atomic mass is 9.82. The molecule has 0 fully saturated rings. The fraction of sp³-hybridized carbons (Fsp3) is 0.200. The molecule has 0 radical (unpaired) electrons. The van der Waals surface area contributed by atoms with Crippen LogP contribution < -0.4 is 0 Å². The third-order valence-electron chi connectivity index (χ3n) is 3.62.